The molecule has 2 aromatic carbocycles. The van der Waals surface area contributed by atoms with E-state index in [4.69, 9.17) is 0 Å². The number of nitrogens with one attached hydrogen (secondary N) is 1. The van der Waals surface area contributed by atoms with Crippen molar-refractivity contribution in [3.63, 3.8) is 0 Å². The maximum atomic E-state index is 12.9. The van der Waals surface area contributed by atoms with Gasteiger partial charge < -0.3 is 5.32 Å². The molecule has 0 aliphatic carbocycles. The second-order valence-electron chi connectivity index (χ2n) is 7.84. The van der Waals surface area contributed by atoms with Crippen molar-refractivity contribution in [2.75, 3.05) is 5.75 Å². The number of carbonyl (C=O) groups excluding carboxylic acids is 1. The first-order valence-corrected chi connectivity index (χ1v) is 9.69. The van der Waals surface area contributed by atoms with Crippen LogP contribution >= 0.6 is 11.8 Å². The molecule has 0 unspecified atom stereocenters. The molecule has 0 radical (unpaired) electrons. The average molecular weight is 356 g/mol. The maximum absolute atomic E-state index is 12.9. The molecule has 2 aromatic rings. The summed E-state index contributed by atoms with van der Waals surface area (Å²) >= 11 is 1.77. The molecular formula is C22H29NOS. The van der Waals surface area contributed by atoms with Crippen LogP contribution in [0.3, 0.4) is 0 Å². The molecule has 0 atom stereocenters. The van der Waals surface area contributed by atoms with Crippen molar-refractivity contribution in [1.29, 1.82) is 0 Å². The lowest BCUT2D eigenvalue weighted by Crippen LogP contribution is -2.48. The topological polar surface area (TPSA) is 29.1 Å². The molecule has 0 fully saturated rings. The number of amides is 1. The first-order chi connectivity index (χ1) is 11.6. The smallest absolute Gasteiger partial charge is 0.227 e. The number of thioether (sulfide) groups is 1. The van der Waals surface area contributed by atoms with Gasteiger partial charge in [-0.05, 0) is 44.4 Å². The number of aryl methyl sites for hydroxylation is 2. The number of carbonyl (C=O) groups is 1. The summed E-state index contributed by atoms with van der Waals surface area (Å²) in [5.74, 6) is 0.829. The standard InChI is InChI=1S/C22H29NOS/c1-16-11-10-12-17(2)19(16)25-15-21(3,4)20(24)23-22(5,6)18-13-8-7-9-14-18/h7-14H,15H2,1-6H3,(H,23,24). The monoisotopic (exact) mass is 355 g/mol. The van der Waals surface area contributed by atoms with Crippen molar-refractivity contribution in [3.05, 3.63) is 65.2 Å². The molecule has 1 N–H and O–H groups in total. The Morgan fingerprint density at radius 1 is 0.920 bits per heavy atom. The van der Waals surface area contributed by atoms with E-state index in [-0.39, 0.29) is 5.91 Å². The molecule has 25 heavy (non-hydrogen) atoms. The highest BCUT2D eigenvalue weighted by Gasteiger charge is 2.33. The molecule has 0 saturated carbocycles. The SMILES string of the molecule is Cc1cccc(C)c1SCC(C)(C)C(=O)NC(C)(C)c1ccccc1. The average Bonchev–Trinajstić information content (AvgIpc) is 2.54. The Morgan fingerprint density at radius 2 is 1.48 bits per heavy atom. The van der Waals surface area contributed by atoms with Gasteiger partial charge >= 0.3 is 0 Å². The fourth-order valence-electron chi connectivity index (χ4n) is 2.72. The minimum absolute atomic E-state index is 0.0834. The Labute approximate surface area is 156 Å². The van der Waals surface area contributed by atoms with E-state index in [9.17, 15) is 4.79 Å². The third-order valence-corrected chi connectivity index (χ3v) is 6.32. The quantitative estimate of drug-likeness (QED) is 0.696. The predicted molar refractivity (Wildman–Crippen MR) is 108 cm³/mol. The molecule has 2 rings (SSSR count). The van der Waals surface area contributed by atoms with Crippen LogP contribution in [0, 0.1) is 19.3 Å². The van der Waals surface area contributed by atoms with Crippen LogP contribution in [0.1, 0.15) is 44.4 Å². The zero-order valence-electron chi connectivity index (χ0n) is 16.1. The summed E-state index contributed by atoms with van der Waals surface area (Å²) in [6.07, 6.45) is 0. The Kier molecular flexibility index (Phi) is 5.99. The van der Waals surface area contributed by atoms with Gasteiger partial charge in [-0.25, -0.2) is 0 Å². The van der Waals surface area contributed by atoms with Gasteiger partial charge in [0.25, 0.3) is 0 Å². The lowest BCUT2D eigenvalue weighted by Gasteiger charge is -2.32. The van der Waals surface area contributed by atoms with Crippen molar-refractivity contribution in [3.8, 4) is 0 Å². The van der Waals surface area contributed by atoms with Crippen LogP contribution in [0.15, 0.2) is 53.4 Å². The van der Waals surface area contributed by atoms with Crippen molar-refractivity contribution in [2.45, 2.75) is 52.0 Å². The highest BCUT2D eigenvalue weighted by molar-refractivity contribution is 7.99. The van der Waals surface area contributed by atoms with Gasteiger partial charge in [-0.3, -0.25) is 4.79 Å². The van der Waals surface area contributed by atoms with E-state index in [0.717, 1.165) is 11.3 Å². The van der Waals surface area contributed by atoms with Crippen molar-refractivity contribution >= 4 is 17.7 Å². The third kappa shape index (κ3) is 4.88. The van der Waals surface area contributed by atoms with Gasteiger partial charge in [0.1, 0.15) is 0 Å². The van der Waals surface area contributed by atoms with Crippen LogP contribution in [0.2, 0.25) is 0 Å². The molecule has 1 amide bonds. The minimum Gasteiger partial charge on any atom is -0.347 e. The van der Waals surface area contributed by atoms with Crippen LogP contribution in [0.25, 0.3) is 0 Å². The second-order valence-corrected chi connectivity index (χ2v) is 8.82. The van der Waals surface area contributed by atoms with E-state index in [1.807, 2.05) is 32.0 Å². The van der Waals surface area contributed by atoms with Crippen LogP contribution in [-0.2, 0) is 10.3 Å². The summed E-state index contributed by atoms with van der Waals surface area (Å²) in [6, 6.07) is 16.4. The molecule has 134 valence electrons. The van der Waals surface area contributed by atoms with Crippen LogP contribution in [0.5, 0.6) is 0 Å². The summed E-state index contributed by atoms with van der Waals surface area (Å²) in [4.78, 5) is 14.2. The first-order valence-electron chi connectivity index (χ1n) is 8.71. The van der Waals surface area contributed by atoms with Crippen molar-refractivity contribution < 1.29 is 4.79 Å². The van der Waals surface area contributed by atoms with Crippen molar-refractivity contribution in [1.82, 2.24) is 5.32 Å². The molecule has 2 nitrogen and oxygen atoms in total. The van der Waals surface area contributed by atoms with E-state index in [2.05, 4.69) is 63.3 Å². The molecule has 0 heterocycles. The Morgan fingerprint density at radius 3 is 2.04 bits per heavy atom. The maximum Gasteiger partial charge on any atom is 0.227 e. The minimum atomic E-state index is -0.453. The Balaban J connectivity index is 2.07. The molecule has 0 spiro atoms. The van der Waals surface area contributed by atoms with E-state index in [0.29, 0.717) is 0 Å². The largest absolute Gasteiger partial charge is 0.347 e. The van der Waals surface area contributed by atoms with Crippen LogP contribution < -0.4 is 5.32 Å². The molecule has 0 aliphatic rings. The van der Waals surface area contributed by atoms with Crippen molar-refractivity contribution in [2.24, 2.45) is 5.41 Å². The zero-order valence-corrected chi connectivity index (χ0v) is 17.0. The highest BCUT2D eigenvalue weighted by atomic mass is 32.2. The van der Waals surface area contributed by atoms with E-state index < -0.39 is 11.0 Å². The molecule has 3 heteroatoms. The molecule has 0 aliphatic heterocycles. The second kappa shape index (κ2) is 7.65. The normalized spacial score (nSPS) is 12.1. The van der Waals surface area contributed by atoms with E-state index in [1.165, 1.54) is 16.0 Å². The fraction of sp³-hybridized carbons (Fsp3) is 0.409. The number of hydrogen-bond acceptors (Lipinski definition) is 2. The van der Waals surface area contributed by atoms with Crippen LogP contribution in [0.4, 0.5) is 0 Å². The highest BCUT2D eigenvalue weighted by Crippen LogP contribution is 2.33. The molecule has 0 bridgehead atoms. The Bertz CT molecular complexity index is 715. The van der Waals surface area contributed by atoms with Gasteiger partial charge in [-0.2, -0.15) is 0 Å². The summed E-state index contributed by atoms with van der Waals surface area (Å²) in [5, 5.41) is 3.23. The number of rotatable bonds is 6. The molecule has 0 aromatic heterocycles. The van der Waals surface area contributed by atoms with E-state index in [1.54, 1.807) is 11.8 Å². The Hall–Kier alpha value is -1.74. The zero-order chi connectivity index (χ0) is 18.7. The van der Waals surface area contributed by atoms with Gasteiger partial charge in [-0.1, -0.05) is 62.4 Å². The third-order valence-electron chi connectivity index (χ3n) is 4.52. The summed E-state index contributed by atoms with van der Waals surface area (Å²) < 4.78 is 0. The predicted octanol–water partition coefficient (Wildman–Crippen LogP) is 5.47. The van der Waals surface area contributed by atoms with Crippen LogP contribution in [-0.4, -0.2) is 11.7 Å². The number of hydrogen-bond donors (Lipinski definition) is 1. The fourth-order valence-corrected chi connectivity index (χ4v) is 3.95. The molecule has 0 saturated heterocycles. The lowest BCUT2D eigenvalue weighted by molar-refractivity contribution is -0.130. The van der Waals surface area contributed by atoms with Gasteiger partial charge in [-0.15, -0.1) is 11.8 Å². The summed E-state index contributed by atoms with van der Waals surface area (Å²) in [5.41, 5.74) is 2.81. The summed E-state index contributed by atoms with van der Waals surface area (Å²) in [6.45, 7) is 12.4. The van der Waals surface area contributed by atoms with Gasteiger partial charge in [0.05, 0.1) is 11.0 Å². The van der Waals surface area contributed by atoms with Gasteiger partial charge in [0.2, 0.25) is 5.91 Å². The first kappa shape index (κ1) is 19.6. The van der Waals surface area contributed by atoms with Gasteiger partial charge in [0.15, 0.2) is 0 Å². The number of benzene rings is 2. The molecular weight excluding hydrogens is 326 g/mol. The van der Waals surface area contributed by atoms with Gasteiger partial charge in [0, 0.05) is 10.6 Å². The summed E-state index contributed by atoms with van der Waals surface area (Å²) in [7, 11) is 0. The lowest BCUT2D eigenvalue weighted by atomic mass is 9.89. The van der Waals surface area contributed by atoms with E-state index >= 15 is 0 Å².